The van der Waals surface area contributed by atoms with Crippen molar-refractivity contribution in [1.29, 1.82) is 0 Å². The van der Waals surface area contributed by atoms with Crippen LogP contribution in [-0.4, -0.2) is 43.1 Å². The highest BCUT2D eigenvalue weighted by atomic mass is 16.5. The minimum atomic E-state index is -0.593. The van der Waals surface area contributed by atoms with E-state index in [2.05, 4.69) is 10.3 Å². The van der Waals surface area contributed by atoms with E-state index in [1.54, 1.807) is 13.1 Å². The summed E-state index contributed by atoms with van der Waals surface area (Å²) in [6, 6.07) is 6.88. The van der Waals surface area contributed by atoms with Gasteiger partial charge in [0.15, 0.2) is 0 Å². The first-order valence-electron chi connectivity index (χ1n) is 7.57. The van der Waals surface area contributed by atoms with Gasteiger partial charge in [0.05, 0.1) is 6.61 Å². The summed E-state index contributed by atoms with van der Waals surface area (Å²) >= 11 is 0. The zero-order chi connectivity index (χ0) is 17.2. The number of carbonyl (C=O) groups is 2. The van der Waals surface area contributed by atoms with E-state index >= 15 is 0 Å². The predicted octanol–water partition coefficient (Wildman–Crippen LogP) is 1.98. The number of hydrogen-bond donors (Lipinski definition) is 2. The number of aryl methyl sites for hydroxylation is 1. The van der Waals surface area contributed by atoms with Gasteiger partial charge < -0.3 is 20.7 Å². The molecule has 2 amide bonds. The molecule has 0 saturated carbocycles. The molecular weight excluding hydrogens is 296 g/mol. The van der Waals surface area contributed by atoms with E-state index in [0.29, 0.717) is 12.3 Å². The minimum absolute atomic E-state index is 0.0532. The average molecular weight is 320 g/mol. The molecule has 0 aliphatic heterocycles. The fourth-order valence-electron chi connectivity index (χ4n) is 1.75. The van der Waals surface area contributed by atoms with Gasteiger partial charge in [-0.2, -0.15) is 4.99 Å². The first-order chi connectivity index (χ1) is 11.0. The van der Waals surface area contributed by atoms with Crippen LogP contribution in [0.3, 0.4) is 0 Å². The van der Waals surface area contributed by atoms with Gasteiger partial charge in [-0.1, -0.05) is 26.0 Å². The lowest BCUT2D eigenvalue weighted by atomic mass is 10.1. The topological polar surface area (TPSA) is 97.0 Å². The summed E-state index contributed by atoms with van der Waals surface area (Å²) in [5.74, 6) is -0.467. The van der Waals surface area contributed by atoms with E-state index < -0.39 is 12.0 Å². The number of likely N-dealkylation sites (N-methyl/N-ethyl adjacent to an activating group) is 1. The van der Waals surface area contributed by atoms with Crippen molar-refractivity contribution >= 4 is 23.6 Å². The molecule has 0 aliphatic rings. The summed E-state index contributed by atoms with van der Waals surface area (Å²) in [5.41, 5.74) is 7.47. The largest absolute Gasteiger partial charge is 0.464 e. The summed E-state index contributed by atoms with van der Waals surface area (Å²) in [6.45, 7) is 4.24. The van der Waals surface area contributed by atoms with Crippen LogP contribution in [0, 0.1) is 0 Å². The van der Waals surface area contributed by atoms with Gasteiger partial charge in [0, 0.05) is 12.7 Å². The number of urea groups is 1. The van der Waals surface area contributed by atoms with Crippen molar-refractivity contribution in [3.05, 3.63) is 29.8 Å². The van der Waals surface area contributed by atoms with Crippen LogP contribution in [0.25, 0.3) is 0 Å². The molecular formula is C16H24N4O3. The first kappa shape index (κ1) is 18.5. The van der Waals surface area contributed by atoms with Crippen molar-refractivity contribution in [1.82, 2.24) is 4.90 Å². The third kappa shape index (κ3) is 6.82. The molecule has 0 saturated heterocycles. The highest BCUT2D eigenvalue weighted by Crippen LogP contribution is 2.11. The maximum atomic E-state index is 11.9. The highest BCUT2D eigenvalue weighted by Gasteiger charge is 2.11. The number of esters is 1. The van der Waals surface area contributed by atoms with E-state index in [1.165, 1.54) is 4.90 Å². The Morgan fingerprint density at radius 3 is 2.74 bits per heavy atom. The number of anilines is 1. The number of nitrogens with one attached hydrogen (secondary N) is 1. The molecule has 0 aromatic heterocycles. The normalized spacial score (nSPS) is 11.0. The molecule has 1 rings (SSSR count). The molecule has 3 N–H and O–H groups in total. The van der Waals surface area contributed by atoms with Crippen LogP contribution in [0.15, 0.2) is 29.3 Å². The Balaban J connectivity index is 2.58. The molecule has 0 spiro atoms. The zero-order valence-corrected chi connectivity index (χ0v) is 13.8. The molecule has 23 heavy (non-hydrogen) atoms. The van der Waals surface area contributed by atoms with Crippen LogP contribution in [-0.2, 0) is 16.0 Å². The second-order valence-electron chi connectivity index (χ2n) is 5.03. The van der Waals surface area contributed by atoms with Crippen molar-refractivity contribution in [2.75, 3.05) is 25.5 Å². The number of guanidine groups is 1. The number of amides is 2. The highest BCUT2D eigenvalue weighted by molar-refractivity contribution is 5.99. The number of benzene rings is 1. The molecule has 0 fully saturated rings. The van der Waals surface area contributed by atoms with E-state index in [0.717, 1.165) is 18.4 Å². The molecule has 126 valence electrons. The number of nitrogens with two attached hydrogens (primary N) is 1. The van der Waals surface area contributed by atoms with Gasteiger partial charge in [0.25, 0.3) is 0 Å². The third-order valence-electron chi connectivity index (χ3n) is 3.03. The number of nitrogens with zero attached hydrogens (tertiary/aromatic N) is 2. The number of hydrogen-bond acceptors (Lipinski definition) is 3. The maximum Gasteiger partial charge on any atom is 0.348 e. The molecule has 1 aromatic carbocycles. The smallest absolute Gasteiger partial charge is 0.348 e. The van der Waals surface area contributed by atoms with Crippen molar-refractivity contribution in [3.63, 3.8) is 0 Å². The van der Waals surface area contributed by atoms with Crippen LogP contribution >= 0.6 is 0 Å². The van der Waals surface area contributed by atoms with E-state index in [1.807, 2.05) is 32.0 Å². The number of rotatable bonds is 6. The molecule has 1 aromatic rings. The third-order valence-corrected chi connectivity index (χ3v) is 3.03. The van der Waals surface area contributed by atoms with E-state index in [-0.39, 0.29) is 12.5 Å². The fourth-order valence-corrected chi connectivity index (χ4v) is 1.75. The minimum Gasteiger partial charge on any atom is -0.464 e. The molecule has 0 atom stereocenters. The SMILES string of the molecule is CCCOC(=O)CN(C)C(N)=NC(=O)Nc1cccc(CC)c1. The second-order valence-corrected chi connectivity index (χ2v) is 5.03. The zero-order valence-electron chi connectivity index (χ0n) is 13.8. The van der Waals surface area contributed by atoms with Crippen molar-refractivity contribution in [3.8, 4) is 0 Å². The molecule has 0 heterocycles. The quantitative estimate of drug-likeness (QED) is 0.474. The first-order valence-corrected chi connectivity index (χ1v) is 7.57. The Labute approximate surface area is 136 Å². The van der Waals surface area contributed by atoms with E-state index in [4.69, 9.17) is 10.5 Å². The van der Waals surface area contributed by atoms with Gasteiger partial charge in [0.1, 0.15) is 6.54 Å². The molecule has 7 heteroatoms. The summed E-state index contributed by atoms with van der Waals surface area (Å²) in [4.78, 5) is 28.4. The van der Waals surface area contributed by atoms with Crippen LogP contribution in [0.4, 0.5) is 10.5 Å². The lowest BCUT2D eigenvalue weighted by Gasteiger charge is -2.16. The molecule has 7 nitrogen and oxygen atoms in total. The number of aliphatic imine (C=N–C) groups is 1. The summed E-state index contributed by atoms with van der Waals surface area (Å²) in [5, 5.41) is 2.64. The van der Waals surface area contributed by atoms with Gasteiger partial charge in [-0.25, -0.2) is 4.79 Å². The fraction of sp³-hybridized carbons (Fsp3) is 0.438. The van der Waals surface area contributed by atoms with Gasteiger partial charge in [-0.15, -0.1) is 0 Å². The van der Waals surface area contributed by atoms with Gasteiger partial charge >= 0.3 is 12.0 Å². The van der Waals surface area contributed by atoms with Crippen molar-refractivity contribution in [2.24, 2.45) is 10.7 Å². The summed E-state index contributed by atoms with van der Waals surface area (Å²) in [7, 11) is 1.57. The summed E-state index contributed by atoms with van der Waals surface area (Å²) < 4.78 is 4.95. The van der Waals surface area contributed by atoms with Crippen molar-refractivity contribution in [2.45, 2.75) is 26.7 Å². The standard InChI is InChI=1S/C16H24N4O3/c1-4-9-23-14(21)11-20(3)15(17)19-16(22)18-13-8-6-7-12(5-2)10-13/h6-8,10H,4-5,9,11H2,1-3H3,(H3,17,18,19,22). The van der Waals surface area contributed by atoms with Crippen LogP contribution in [0.5, 0.6) is 0 Å². The van der Waals surface area contributed by atoms with Gasteiger partial charge in [-0.3, -0.25) is 4.79 Å². The average Bonchev–Trinajstić information content (AvgIpc) is 2.52. The molecule has 0 bridgehead atoms. The Hall–Kier alpha value is -2.57. The Morgan fingerprint density at radius 2 is 2.09 bits per heavy atom. The number of ether oxygens (including phenoxy) is 1. The van der Waals surface area contributed by atoms with Gasteiger partial charge in [-0.05, 0) is 30.5 Å². The Kier molecular flexibility index (Phi) is 7.59. The Morgan fingerprint density at radius 1 is 1.35 bits per heavy atom. The molecule has 0 radical (unpaired) electrons. The Bertz CT molecular complexity index is 572. The predicted molar refractivity (Wildman–Crippen MR) is 90.3 cm³/mol. The molecule has 0 unspecified atom stereocenters. The van der Waals surface area contributed by atoms with Crippen molar-refractivity contribution < 1.29 is 14.3 Å². The maximum absolute atomic E-state index is 11.9. The second kappa shape index (κ2) is 9.45. The lowest BCUT2D eigenvalue weighted by molar-refractivity contribution is -0.143. The van der Waals surface area contributed by atoms with Crippen LogP contribution in [0.2, 0.25) is 0 Å². The van der Waals surface area contributed by atoms with Gasteiger partial charge in [0.2, 0.25) is 5.96 Å². The number of carbonyl (C=O) groups excluding carboxylic acids is 2. The summed E-state index contributed by atoms with van der Waals surface area (Å²) in [6.07, 6.45) is 1.62. The van der Waals surface area contributed by atoms with Crippen LogP contribution in [0.1, 0.15) is 25.8 Å². The van der Waals surface area contributed by atoms with E-state index in [9.17, 15) is 9.59 Å². The molecule has 0 aliphatic carbocycles. The monoisotopic (exact) mass is 320 g/mol. The van der Waals surface area contributed by atoms with Crippen LogP contribution < -0.4 is 11.1 Å². The lowest BCUT2D eigenvalue weighted by Crippen LogP contribution is -2.39.